The van der Waals surface area contributed by atoms with Crippen LogP contribution in [0, 0.1) is 10.1 Å². The number of non-ortho nitro benzene ring substituents is 1. The first-order valence-electron chi connectivity index (χ1n) is 8.71. The van der Waals surface area contributed by atoms with Crippen molar-refractivity contribution < 1.29 is 29.8 Å². The lowest BCUT2D eigenvalue weighted by Gasteiger charge is -2.09. The zero-order chi connectivity index (χ0) is 22.0. The van der Waals surface area contributed by atoms with Crippen molar-refractivity contribution in [2.75, 3.05) is 0 Å². The van der Waals surface area contributed by atoms with Gasteiger partial charge in [-0.25, -0.2) is 5.26 Å². The molecule has 0 amide bonds. The molecule has 31 heavy (non-hydrogen) atoms. The Kier molecular flexibility index (Phi) is 5.64. The summed E-state index contributed by atoms with van der Waals surface area (Å²) in [5.74, 6) is -0.364. The van der Waals surface area contributed by atoms with Crippen molar-refractivity contribution in [3.63, 3.8) is 0 Å². The number of hydrogen-bond acceptors (Lipinski definition) is 10. The van der Waals surface area contributed by atoms with Crippen LogP contribution in [0.1, 0.15) is 0 Å². The number of phenolic OH excluding ortho intramolecular Hbond substituents is 2. The van der Waals surface area contributed by atoms with E-state index in [0.29, 0.717) is 28.2 Å². The molecule has 4 aromatic rings. The van der Waals surface area contributed by atoms with Crippen LogP contribution in [0.3, 0.4) is 0 Å². The first-order chi connectivity index (χ1) is 15.0. The minimum Gasteiger partial charge on any atom is -0.506 e. The van der Waals surface area contributed by atoms with E-state index >= 15 is 0 Å². The highest BCUT2D eigenvalue weighted by Gasteiger charge is 2.17. The SMILES string of the molecule is O=[N+]([O-])c1ccc2c(N=Nc3ccc4ccccc4c3O)c(O)cc(SOOO)c2c1. The number of rotatable bonds is 6. The van der Waals surface area contributed by atoms with Gasteiger partial charge in [-0.15, -0.1) is 14.6 Å². The first-order valence-corrected chi connectivity index (χ1v) is 9.45. The molecule has 0 aliphatic heterocycles. The molecule has 0 aromatic heterocycles. The third-order valence-electron chi connectivity index (χ3n) is 4.54. The number of fused-ring (bicyclic) bond motifs is 2. The zero-order valence-electron chi connectivity index (χ0n) is 15.5. The van der Waals surface area contributed by atoms with E-state index in [0.717, 1.165) is 5.39 Å². The number of benzene rings is 4. The third-order valence-corrected chi connectivity index (χ3v) is 5.18. The van der Waals surface area contributed by atoms with Gasteiger partial charge in [0.25, 0.3) is 5.69 Å². The second-order valence-electron chi connectivity index (χ2n) is 6.31. The molecule has 4 aromatic carbocycles. The molecule has 0 bridgehead atoms. The van der Waals surface area contributed by atoms with E-state index in [-0.39, 0.29) is 33.5 Å². The summed E-state index contributed by atoms with van der Waals surface area (Å²) >= 11 is 0.544. The van der Waals surface area contributed by atoms with E-state index in [4.69, 9.17) is 5.26 Å². The maximum Gasteiger partial charge on any atom is 0.270 e. The van der Waals surface area contributed by atoms with Gasteiger partial charge in [0.1, 0.15) is 17.1 Å². The number of azo groups is 1. The Morgan fingerprint density at radius 1 is 0.935 bits per heavy atom. The van der Waals surface area contributed by atoms with Gasteiger partial charge >= 0.3 is 0 Å². The summed E-state index contributed by atoms with van der Waals surface area (Å²) in [5.41, 5.74) is 0.0235. The van der Waals surface area contributed by atoms with E-state index in [1.807, 2.05) is 12.1 Å². The second kappa shape index (κ2) is 8.53. The molecule has 0 heterocycles. The molecule has 10 nitrogen and oxygen atoms in total. The molecular formula is C20H13N3O7S. The maximum atomic E-state index is 11.2. The van der Waals surface area contributed by atoms with Gasteiger partial charge in [-0.1, -0.05) is 35.4 Å². The Morgan fingerprint density at radius 2 is 1.74 bits per heavy atom. The molecular weight excluding hydrogens is 426 g/mol. The van der Waals surface area contributed by atoms with Crippen LogP contribution in [0.2, 0.25) is 0 Å². The Hall–Kier alpha value is -3.77. The van der Waals surface area contributed by atoms with Crippen LogP contribution in [-0.2, 0) is 9.37 Å². The van der Waals surface area contributed by atoms with Crippen LogP contribution < -0.4 is 0 Å². The second-order valence-corrected chi connectivity index (χ2v) is 7.05. The van der Waals surface area contributed by atoms with E-state index in [1.165, 1.54) is 24.3 Å². The lowest BCUT2D eigenvalue weighted by atomic mass is 10.1. The van der Waals surface area contributed by atoms with E-state index in [2.05, 4.69) is 19.6 Å². The average Bonchev–Trinajstić information content (AvgIpc) is 2.78. The molecule has 0 unspecified atom stereocenters. The predicted octanol–water partition coefficient (Wildman–Crippen LogP) is 6.16. The Bertz CT molecular complexity index is 1340. The Balaban J connectivity index is 1.85. The van der Waals surface area contributed by atoms with Gasteiger partial charge in [0.15, 0.2) is 5.75 Å². The number of phenols is 2. The number of nitro benzene ring substituents is 1. The summed E-state index contributed by atoms with van der Waals surface area (Å²) in [6, 6.07) is 15.7. The standard InChI is InChI=1S/C20H13N3O7S/c24-17-10-18(31-30-29-28)15-9-12(23(26)27)6-7-14(15)19(17)22-21-16-8-5-11-3-1-2-4-13(11)20(16)25/h1-10,24-25,28H. The van der Waals surface area contributed by atoms with Gasteiger partial charge in [-0.2, -0.15) is 0 Å². The van der Waals surface area contributed by atoms with E-state index in [1.54, 1.807) is 24.3 Å². The Labute approximate surface area is 178 Å². The number of nitrogens with zero attached hydrogens (tertiary/aromatic N) is 3. The summed E-state index contributed by atoms with van der Waals surface area (Å²) in [7, 11) is 0. The third kappa shape index (κ3) is 3.98. The predicted molar refractivity (Wildman–Crippen MR) is 113 cm³/mol. The largest absolute Gasteiger partial charge is 0.506 e. The average molecular weight is 439 g/mol. The molecule has 0 fully saturated rings. The molecule has 0 aliphatic rings. The Morgan fingerprint density at radius 3 is 2.52 bits per heavy atom. The normalized spacial score (nSPS) is 11.5. The van der Waals surface area contributed by atoms with Crippen LogP contribution in [0.15, 0.2) is 75.8 Å². The summed E-state index contributed by atoms with van der Waals surface area (Å²) in [6.07, 6.45) is 0. The molecule has 156 valence electrons. The lowest BCUT2D eigenvalue weighted by Crippen LogP contribution is -1.89. The zero-order valence-corrected chi connectivity index (χ0v) is 16.3. The van der Waals surface area contributed by atoms with Crippen LogP contribution in [-0.4, -0.2) is 20.4 Å². The fourth-order valence-electron chi connectivity index (χ4n) is 3.12. The number of hydrogen-bond donors (Lipinski definition) is 3. The van der Waals surface area contributed by atoms with Crippen molar-refractivity contribution in [2.24, 2.45) is 10.2 Å². The molecule has 0 atom stereocenters. The van der Waals surface area contributed by atoms with Crippen LogP contribution in [0.25, 0.3) is 21.5 Å². The highest BCUT2D eigenvalue weighted by Crippen LogP contribution is 2.44. The highest BCUT2D eigenvalue weighted by atomic mass is 32.2. The quantitative estimate of drug-likeness (QED) is 0.106. The van der Waals surface area contributed by atoms with Crippen molar-refractivity contribution in [3.8, 4) is 11.5 Å². The number of nitro groups is 1. The van der Waals surface area contributed by atoms with Gasteiger partial charge in [-0.05, 0) is 23.6 Å². The van der Waals surface area contributed by atoms with E-state index < -0.39 is 4.92 Å². The lowest BCUT2D eigenvalue weighted by molar-refractivity contribution is -0.432. The molecule has 0 spiro atoms. The molecule has 3 N–H and O–H groups in total. The van der Waals surface area contributed by atoms with Gasteiger partial charge in [0.05, 0.1) is 21.9 Å². The minimum absolute atomic E-state index is 0.0340. The molecule has 0 saturated heterocycles. The summed E-state index contributed by atoms with van der Waals surface area (Å²) in [4.78, 5) is 10.8. The summed E-state index contributed by atoms with van der Waals surface area (Å²) in [6.45, 7) is 0. The summed E-state index contributed by atoms with van der Waals surface area (Å²) in [5, 5.41) is 54.3. The van der Waals surface area contributed by atoms with E-state index in [9.17, 15) is 20.3 Å². The van der Waals surface area contributed by atoms with Crippen molar-refractivity contribution in [2.45, 2.75) is 4.90 Å². The summed E-state index contributed by atoms with van der Waals surface area (Å²) < 4.78 is 4.41. The van der Waals surface area contributed by atoms with Gasteiger partial charge in [0, 0.05) is 28.3 Å². The fourth-order valence-corrected chi connectivity index (χ4v) is 3.64. The van der Waals surface area contributed by atoms with Gasteiger partial charge in [-0.3, -0.25) is 10.1 Å². The van der Waals surface area contributed by atoms with Crippen LogP contribution in [0.4, 0.5) is 17.1 Å². The smallest absolute Gasteiger partial charge is 0.270 e. The van der Waals surface area contributed by atoms with Crippen molar-refractivity contribution in [3.05, 3.63) is 70.8 Å². The van der Waals surface area contributed by atoms with Crippen LogP contribution >= 0.6 is 12.0 Å². The number of aromatic hydroxyl groups is 2. The fraction of sp³-hybridized carbons (Fsp3) is 0. The first kappa shape index (κ1) is 20.5. The molecule has 11 heteroatoms. The van der Waals surface area contributed by atoms with Crippen LogP contribution in [0.5, 0.6) is 11.5 Å². The molecule has 0 radical (unpaired) electrons. The van der Waals surface area contributed by atoms with Gasteiger partial charge < -0.3 is 10.2 Å². The molecule has 4 rings (SSSR count). The monoisotopic (exact) mass is 439 g/mol. The highest BCUT2D eigenvalue weighted by molar-refractivity contribution is 7.94. The van der Waals surface area contributed by atoms with Crippen molar-refractivity contribution >= 4 is 50.6 Å². The topological polar surface area (TPSA) is 147 Å². The van der Waals surface area contributed by atoms with Crippen molar-refractivity contribution in [1.82, 2.24) is 0 Å². The van der Waals surface area contributed by atoms with Gasteiger partial charge in [0.2, 0.25) is 0 Å². The minimum atomic E-state index is -0.571. The van der Waals surface area contributed by atoms with Crippen molar-refractivity contribution in [1.29, 1.82) is 0 Å². The molecule has 0 saturated carbocycles. The maximum absolute atomic E-state index is 11.2. The molecule has 0 aliphatic carbocycles.